The first kappa shape index (κ1) is 14.3. The number of aliphatic hydroxyl groups excluding tert-OH is 2. The van der Waals surface area contributed by atoms with Crippen molar-refractivity contribution in [2.24, 2.45) is 0 Å². The number of aliphatic hydroxyl groups is 2. The Bertz CT molecular complexity index is 186. The zero-order valence-corrected chi connectivity index (χ0v) is 9.44. The van der Waals surface area contributed by atoms with E-state index in [4.69, 9.17) is 15.3 Å². The molecule has 0 saturated carbocycles. The molecule has 3 N–H and O–H groups in total. The molecule has 0 aromatic heterocycles. The van der Waals surface area contributed by atoms with Crippen LogP contribution in [0.25, 0.3) is 0 Å². The van der Waals surface area contributed by atoms with Crippen LogP contribution in [0.15, 0.2) is 0 Å². The minimum atomic E-state index is -0.954. The predicted octanol–water partition coefficient (Wildman–Crippen LogP) is -0.0836. The molecule has 15 heavy (non-hydrogen) atoms. The standard InChI is InChI=1S/C10H21NO4/c1-10(2,9(14)15)11(5-3-7-12)6-4-8-13/h12-13H,3-8H2,1-2H3,(H,14,15). The summed E-state index contributed by atoms with van der Waals surface area (Å²) >= 11 is 0. The van der Waals surface area contributed by atoms with Gasteiger partial charge in [0.05, 0.1) is 0 Å². The van der Waals surface area contributed by atoms with Crippen molar-refractivity contribution in [3.05, 3.63) is 0 Å². The van der Waals surface area contributed by atoms with Crippen LogP contribution in [0, 0.1) is 0 Å². The summed E-state index contributed by atoms with van der Waals surface area (Å²) in [4.78, 5) is 12.8. The van der Waals surface area contributed by atoms with Crippen molar-refractivity contribution in [2.75, 3.05) is 26.3 Å². The van der Waals surface area contributed by atoms with Crippen molar-refractivity contribution >= 4 is 5.97 Å². The Balaban J connectivity index is 4.38. The van der Waals surface area contributed by atoms with E-state index in [0.29, 0.717) is 25.9 Å². The average molecular weight is 219 g/mol. The smallest absolute Gasteiger partial charge is 0.323 e. The fourth-order valence-corrected chi connectivity index (χ4v) is 1.33. The van der Waals surface area contributed by atoms with Crippen LogP contribution in [0.2, 0.25) is 0 Å². The number of carboxylic acid groups (broad SMARTS) is 1. The highest BCUT2D eigenvalue weighted by Gasteiger charge is 2.33. The van der Waals surface area contributed by atoms with E-state index in [9.17, 15) is 4.79 Å². The Labute approximate surface area is 90.3 Å². The zero-order valence-electron chi connectivity index (χ0n) is 9.44. The third-order valence-corrected chi connectivity index (χ3v) is 2.49. The summed E-state index contributed by atoms with van der Waals surface area (Å²) in [5.41, 5.74) is -0.954. The fourth-order valence-electron chi connectivity index (χ4n) is 1.33. The second-order valence-corrected chi connectivity index (χ2v) is 4.01. The van der Waals surface area contributed by atoms with Gasteiger partial charge in [-0.15, -0.1) is 0 Å². The molecule has 0 atom stereocenters. The van der Waals surface area contributed by atoms with E-state index in [-0.39, 0.29) is 13.2 Å². The summed E-state index contributed by atoms with van der Waals surface area (Å²) in [6, 6.07) is 0. The lowest BCUT2D eigenvalue weighted by atomic mass is 10.0. The number of rotatable bonds is 8. The van der Waals surface area contributed by atoms with Gasteiger partial charge in [0.25, 0.3) is 0 Å². The van der Waals surface area contributed by atoms with Gasteiger partial charge in [-0.25, -0.2) is 0 Å². The Morgan fingerprint density at radius 3 is 1.80 bits per heavy atom. The first-order chi connectivity index (χ1) is 6.96. The molecule has 0 radical (unpaired) electrons. The molecule has 0 aromatic rings. The first-order valence-electron chi connectivity index (χ1n) is 5.17. The fraction of sp³-hybridized carbons (Fsp3) is 0.900. The molecule has 0 rings (SSSR count). The molecule has 0 heterocycles. The molecule has 0 bridgehead atoms. The van der Waals surface area contributed by atoms with Gasteiger partial charge in [-0.3, -0.25) is 9.69 Å². The highest BCUT2D eigenvalue weighted by molar-refractivity contribution is 5.77. The molecule has 0 aliphatic heterocycles. The highest BCUT2D eigenvalue weighted by Crippen LogP contribution is 2.15. The van der Waals surface area contributed by atoms with Crippen LogP contribution >= 0.6 is 0 Å². The molecule has 5 nitrogen and oxygen atoms in total. The van der Waals surface area contributed by atoms with Gasteiger partial charge in [0.1, 0.15) is 5.54 Å². The van der Waals surface area contributed by atoms with Crippen LogP contribution in [-0.2, 0) is 4.79 Å². The van der Waals surface area contributed by atoms with E-state index in [0.717, 1.165) is 0 Å². The zero-order chi connectivity index (χ0) is 11.9. The maximum absolute atomic E-state index is 11.0. The number of aliphatic carboxylic acids is 1. The minimum absolute atomic E-state index is 0.0469. The molecule has 0 fully saturated rings. The maximum Gasteiger partial charge on any atom is 0.323 e. The molecule has 0 amide bonds. The number of hydrogen-bond donors (Lipinski definition) is 3. The van der Waals surface area contributed by atoms with Crippen molar-refractivity contribution < 1.29 is 20.1 Å². The molecular weight excluding hydrogens is 198 g/mol. The summed E-state index contributed by atoms with van der Waals surface area (Å²) in [6.45, 7) is 4.40. The minimum Gasteiger partial charge on any atom is -0.480 e. The monoisotopic (exact) mass is 219 g/mol. The highest BCUT2D eigenvalue weighted by atomic mass is 16.4. The molecule has 0 saturated heterocycles. The van der Waals surface area contributed by atoms with Gasteiger partial charge in [-0.05, 0) is 26.7 Å². The lowest BCUT2D eigenvalue weighted by Crippen LogP contribution is -2.51. The van der Waals surface area contributed by atoms with Gasteiger partial charge in [0.15, 0.2) is 0 Å². The first-order valence-corrected chi connectivity index (χ1v) is 5.17. The number of carboxylic acids is 1. The van der Waals surface area contributed by atoms with Gasteiger partial charge in [-0.2, -0.15) is 0 Å². The average Bonchev–Trinajstić information content (AvgIpc) is 2.17. The Morgan fingerprint density at radius 1 is 1.13 bits per heavy atom. The number of nitrogens with zero attached hydrogens (tertiary/aromatic N) is 1. The van der Waals surface area contributed by atoms with Crippen molar-refractivity contribution in [1.29, 1.82) is 0 Å². The van der Waals surface area contributed by atoms with Crippen molar-refractivity contribution in [3.8, 4) is 0 Å². The van der Waals surface area contributed by atoms with Crippen molar-refractivity contribution in [3.63, 3.8) is 0 Å². The quantitative estimate of drug-likeness (QED) is 0.532. The lowest BCUT2D eigenvalue weighted by Gasteiger charge is -2.34. The van der Waals surface area contributed by atoms with Gasteiger partial charge < -0.3 is 15.3 Å². The number of carbonyl (C=O) groups is 1. The van der Waals surface area contributed by atoms with Crippen LogP contribution < -0.4 is 0 Å². The van der Waals surface area contributed by atoms with Gasteiger partial charge in [0.2, 0.25) is 0 Å². The normalized spacial score (nSPS) is 12.1. The summed E-state index contributed by atoms with van der Waals surface area (Å²) in [5, 5.41) is 26.5. The van der Waals surface area contributed by atoms with Crippen molar-refractivity contribution in [2.45, 2.75) is 32.2 Å². The summed E-state index contributed by atoms with van der Waals surface area (Å²) < 4.78 is 0. The summed E-state index contributed by atoms with van der Waals surface area (Å²) in [7, 11) is 0. The SMILES string of the molecule is CC(C)(C(=O)O)N(CCCO)CCCO. The molecule has 0 aliphatic carbocycles. The molecule has 90 valence electrons. The molecule has 0 unspecified atom stereocenters. The Hall–Kier alpha value is -0.650. The molecular formula is C10H21NO4. The summed E-state index contributed by atoms with van der Waals surface area (Å²) in [6.07, 6.45) is 1.09. The second kappa shape index (κ2) is 6.76. The third kappa shape index (κ3) is 4.59. The predicted molar refractivity (Wildman–Crippen MR) is 56.7 cm³/mol. The van der Waals surface area contributed by atoms with Crippen LogP contribution in [-0.4, -0.2) is 58.0 Å². The van der Waals surface area contributed by atoms with Crippen LogP contribution in [0.3, 0.4) is 0 Å². The van der Waals surface area contributed by atoms with E-state index in [1.165, 1.54) is 0 Å². The summed E-state index contributed by atoms with van der Waals surface area (Å²) in [5.74, 6) is -0.890. The largest absolute Gasteiger partial charge is 0.480 e. The van der Waals surface area contributed by atoms with E-state index in [1.54, 1.807) is 18.7 Å². The Morgan fingerprint density at radius 2 is 1.53 bits per heavy atom. The van der Waals surface area contributed by atoms with Gasteiger partial charge >= 0.3 is 5.97 Å². The topological polar surface area (TPSA) is 81.0 Å². The third-order valence-electron chi connectivity index (χ3n) is 2.49. The molecule has 0 aromatic carbocycles. The molecule has 5 heteroatoms. The van der Waals surface area contributed by atoms with E-state index in [2.05, 4.69) is 0 Å². The van der Waals surface area contributed by atoms with Gasteiger partial charge in [-0.1, -0.05) is 0 Å². The number of hydrogen-bond acceptors (Lipinski definition) is 4. The lowest BCUT2D eigenvalue weighted by molar-refractivity contribution is -0.149. The van der Waals surface area contributed by atoms with Crippen LogP contribution in [0.5, 0.6) is 0 Å². The van der Waals surface area contributed by atoms with Crippen LogP contribution in [0.1, 0.15) is 26.7 Å². The van der Waals surface area contributed by atoms with E-state index < -0.39 is 11.5 Å². The maximum atomic E-state index is 11.0. The molecule has 0 spiro atoms. The van der Waals surface area contributed by atoms with E-state index >= 15 is 0 Å². The van der Waals surface area contributed by atoms with E-state index in [1.807, 2.05) is 0 Å². The Kier molecular flexibility index (Phi) is 6.47. The second-order valence-electron chi connectivity index (χ2n) is 4.01. The molecule has 0 aliphatic rings. The van der Waals surface area contributed by atoms with Gasteiger partial charge in [0, 0.05) is 26.3 Å². The van der Waals surface area contributed by atoms with Crippen LogP contribution in [0.4, 0.5) is 0 Å². The van der Waals surface area contributed by atoms with Crippen molar-refractivity contribution in [1.82, 2.24) is 4.90 Å².